The van der Waals surface area contributed by atoms with Crippen LogP contribution in [0.1, 0.15) is 23.2 Å². The van der Waals surface area contributed by atoms with E-state index >= 15 is 0 Å². The smallest absolute Gasteiger partial charge is 0.255 e. The third-order valence-electron chi connectivity index (χ3n) is 3.01. The lowest BCUT2D eigenvalue weighted by atomic mass is 10.1. The predicted molar refractivity (Wildman–Crippen MR) is 70.3 cm³/mol. The van der Waals surface area contributed by atoms with Gasteiger partial charge in [-0.1, -0.05) is 0 Å². The van der Waals surface area contributed by atoms with Crippen LogP contribution in [0.2, 0.25) is 0 Å². The lowest BCUT2D eigenvalue weighted by Gasteiger charge is -2.23. The number of carbonyl (C=O) groups is 1. The highest BCUT2D eigenvalue weighted by Gasteiger charge is 2.29. The fourth-order valence-corrected chi connectivity index (χ4v) is 2.82. The van der Waals surface area contributed by atoms with Crippen molar-refractivity contribution in [3.8, 4) is 0 Å². The Kier molecular flexibility index (Phi) is 3.98. The Hall–Kier alpha value is -0.690. The van der Waals surface area contributed by atoms with Gasteiger partial charge in [0.2, 0.25) is 0 Å². The molecule has 5 heteroatoms. The van der Waals surface area contributed by atoms with E-state index in [9.17, 15) is 14.3 Å². The van der Waals surface area contributed by atoms with E-state index in [0.29, 0.717) is 15.7 Å². The minimum absolute atomic E-state index is 0.0104. The Morgan fingerprint density at radius 2 is 2.35 bits per heavy atom. The monoisotopic (exact) mass is 349 g/mol. The van der Waals surface area contributed by atoms with Crippen molar-refractivity contribution < 1.29 is 14.3 Å². The summed E-state index contributed by atoms with van der Waals surface area (Å²) < 4.78 is 13.6. The lowest BCUT2D eigenvalue weighted by Crippen LogP contribution is -2.38. The molecular weight excluding hydrogens is 336 g/mol. The summed E-state index contributed by atoms with van der Waals surface area (Å²) in [5, 5.41) is 9.19. The summed E-state index contributed by atoms with van der Waals surface area (Å²) in [5.74, 6) is -0.461. The molecule has 2 rings (SSSR count). The van der Waals surface area contributed by atoms with Gasteiger partial charge in [-0.05, 0) is 53.6 Å². The van der Waals surface area contributed by atoms with Gasteiger partial charge in [0, 0.05) is 10.1 Å². The fourth-order valence-electron chi connectivity index (χ4n) is 2.11. The molecule has 1 fully saturated rings. The zero-order chi connectivity index (χ0) is 12.4. The fraction of sp³-hybridized carbons (Fsp3) is 0.417. The normalized spacial score (nSPS) is 19.7. The van der Waals surface area contributed by atoms with Gasteiger partial charge in [0.25, 0.3) is 5.91 Å². The maximum Gasteiger partial charge on any atom is 0.255 e. The van der Waals surface area contributed by atoms with Gasteiger partial charge < -0.3 is 10.0 Å². The quantitative estimate of drug-likeness (QED) is 0.831. The van der Waals surface area contributed by atoms with E-state index in [1.807, 2.05) is 22.6 Å². The molecule has 1 aliphatic rings. The van der Waals surface area contributed by atoms with E-state index in [-0.39, 0.29) is 24.4 Å². The van der Waals surface area contributed by atoms with Crippen molar-refractivity contribution in [1.29, 1.82) is 0 Å². The van der Waals surface area contributed by atoms with Gasteiger partial charge in [-0.25, -0.2) is 4.39 Å². The molecule has 0 radical (unpaired) electrons. The first-order chi connectivity index (χ1) is 8.13. The predicted octanol–water partition coefficient (Wildman–Crippen LogP) is 2.03. The molecule has 1 unspecified atom stereocenters. The van der Waals surface area contributed by atoms with Gasteiger partial charge >= 0.3 is 0 Å². The Morgan fingerprint density at radius 1 is 1.59 bits per heavy atom. The molecule has 0 spiro atoms. The first-order valence-corrected chi connectivity index (χ1v) is 6.58. The van der Waals surface area contributed by atoms with E-state index in [4.69, 9.17) is 0 Å². The highest BCUT2D eigenvalue weighted by molar-refractivity contribution is 14.1. The number of aliphatic hydroxyl groups excluding tert-OH is 1. The Balaban J connectivity index is 2.24. The van der Waals surface area contributed by atoms with Crippen LogP contribution in [0.3, 0.4) is 0 Å². The zero-order valence-electron chi connectivity index (χ0n) is 9.20. The van der Waals surface area contributed by atoms with Crippen LogP contribution < -0.4 is 0 Å². The molecule has 17 heavy (non-hydrogen) atoms. The standard InChI is InChI=1S/C12H13FINO2/c13-8-3-4-10(11(14)6-8)12(17)15-5-1-2-9(15)7-16/h3-4,6,9,16H,1-2,5,7H2. The van der Waals surface area contributed by atoms with E-state index in [1.54, 1.807) is 4.90 Å². The number of hydrogen-bond acceptors (Lipinski definition) is 2. The van der Waals surface area contributed by atoms with E-state index < -0.39 is 0 Å². The third kappa shape index (κ3) is 2.60. The van der Waals surface area contributed by atoms with Crippen molar-refractivity contribution in [3.63, 3.8) is 0 Å². The molecule has 1 aliphatic heterocycles. The number of hydrogen-bond donors (Lipinski definition) is 1. The summed E-state index contributed by atoms with van der Waals surface area (Å²) in [6, 6.07) is 4.05. The number of carbonyl (C=O) groups excluding carboxylic acids is 1. The van der Waals surface area contributed by atoms with Crippen molar-refractivity contribution in [2.75, 3.05) is 13.2 Å². The highest BCUT2D eigenvalue weighted by Crippen LogP contribution is 2.22. The number of likely N-dealkylation sites (tertiary alicyclic amines) is 1. The molecule has 0 aliphatic carbocycles. The van der Waals surface area contributed by atoms with Crippen LogP contribution in [-0.2, 0) is 0 Å². The molecule has 0 aromatic heterocycles. The molecule has 3 nitrogen and oxygen atoms in total. The first kappa shape index (κ1) is 12.8. The average molecular weight is 349 g/mol. The molecule has 1 aromatic carbocycles. The van der Waals surface area contributed by atoms with Crippen LogP contribution in [0, 0.1) is 9.39 Å². The highest BCUT2D eigenvalue weighted by atomic mass is 127. The van der Waals surface area contributed by atoms with E-state index in [0.717, 1.165) is 12.8 Å². The van der Waals surface area contributed by atoms with E-state index in [2.05, 4.69) is 0 Å². The summed E-state index contributed by atoms with van der Waals surface area (Å²) in [7, 11) is 0. The summed E-state index contributed by atoms with van der Waals surface area (Å²) in [5.41, 5.74) is 0.507. The molecule has 0 bridgehead atoms. The number of rotatable bonds is 2. The first-order valence-electron chi connectivity index (χ1n) is 5.50. The Bertz CT molecular complexity index is 439. The molecule has 92 valence electrons. The van der Waals surface area contributed by atoms with Crippen LogP contribution >= 0.6 is 22.6 Å². The van der Waals surface area contributed by atoms with Crippen LogP contribution in [0.5, 0.6) is 0 Å². The minimum Gasteiger partial charge on any atom is -0.394 e. The van der Waals surface area contributed by atoms with Crippen molar-refractivity contribution in [3.05, 3.63) is 33.1 Å². The SMILES string of the molecule is O=C(c1ccc(F)cc1I)N1CCCC1CO. The minimum atomic E-state index is -0.342. The molecule has 1 saturated heterocycles. The number of aliphatic hydroxyl groups is 1. The Morgan fingerprint density at radius 3 is 3.00 bits per heavy atom. The van der Waals surface area contributed by atoms with Gasteiger partial charge in [0.05, 0.1) is 18.2 Å². The summed E-state index contributed by atoms with van der Waals surface area (Å²) >= 11 is 1.96. The van der Waals surface area contributed by atoms with Crippen LogP contribution in [0.15, 0.2) is 18.2 Å². The second-order valence-electron chi connectivity index (χ2n) is 4.10. The average Bonchev–Trinajstić information content (AvgIpc) is 2.76. The third-order valence-corrected chi connectivity index (χ3v) is 3.90. The molecule has 1 heterocycles. The second-order valence-corrected chi connectivity index (χ2v) is 5.26. The summed E-state index contributed by atoms with van der Waals surface area (Å²) in [4.78, 5) is 13.9. The largest absolute Gasteiger partial charge is 0.394 e. The zero-order valence-corrected chi connectivity index (χ0v) is 11.4. The number of amides is 1. The number of nitrogens with zero attached hydrogens (tertiary/aromatic N) is 1. The molecule has 1 aromatic rings. The molecule has 1 N–H and O–H groups in total. The summed E-state index contributed by atoms with van der Waals surface area (Å²) in [6.07, 6.45) is 1.74. The van der Waals surface area contributed by atoms with Crippen LogP contribution in [0.25, 0.3) is 0 Å². The van der Waals surface area contributed by atoms with Gasteiger partial charge in [-0.15, -0.1) is 0 Å². The maximum absolute atomic E-state index is 13.0. The van der Waals surface area contributed by atoms with Crippen molar-refractivity contribution in [2.24, 2.45) is 0 Å². The molecule has 1 amide bonds. The maximum atomic E-state index is 13.0. The van der Waals surface area contributed by atoms with Gasteiger partial charge in [0.15, 0.2) is 0 Å². The van der Waals surface area contributed by atoms with E-state index in [1.165, 1.54) is 18.2 Å². The van der Waals surface area contributed by atoms with Gasteiger partial charge in [-0.2, -0.15) is 0 Å². The van der Waals surface area contributed by atoms with Crippen molar-refractivity contribution >= 4 is 28.5 Å². The second kappa shape index (κ2) is 5.30. The summed E-state index contributed by atoms with van der Waals surface area (Å²) in [6.45, 7) is 0.654. The van der Waals surface area contributed by atoms with Crippen molar-refractivity contribution in [2.45, 2.75) is 18.9 Å². The van der Waals surface area contributed by atoms with Crippen molar-refractivity contribution in [1.82, 2.24) is 4.90 Å². The molecule has 1 atom stereocenters. The topological polar surface area (TPSA) is 40.5 Å². The van der Waals surface area contributed by atoms with Gasteiger partial charge in [0.1, 0.15) is 5.82 Å². The number of halogens is 2. The molecule has 0 saturated carbocycles. The van der Waals surface area contributed by atoms with Crippen LogP contribution in [-0.4, -0.2) is 35.1 Å². The lowest BCUT2D eigenvalue weighted by molar-refractivity contribution is 0.0676. The number of benzene rings is 1. The molecular formula is C12H13FINO2. The van der Waals surface area contributed by atoms with Gasteiger partial charge in [-0.3, -0.25) is 4.79 Å². The van der Waals surface area contributed by atoms with Crippen LogP contribution in [0.4, 0.5) is 4.39 Å². The Labute approximate surface area is 113 Å².